The van der Waals surface area contributed by atoms with Gasteiger partial charge in [0.15, 0.2) is 5.82 Å². The van der Waals surface area contributed by atoms with E-state index in [-0.39, 0.29) is 5.91 Å². The minimum Gasteiger partial charge on any atom is -0.394 e. The van der Waals surface area contributed by atoms with Gasteiger partial charge in [0, 0.05) is 17.6 Å². The molecule has 5 nitrogen and oxygen atoms in total. The van der Waals surface area contributed by atoms with E-state index in [0.717, 1.165) is 5.56 Å². The number of benzene rings is 1. The molecule has 0 saturated carbocycles. The number of nitrogens with zero attached hydrogens (tertiary/aromatic N) is 2. The second-order valence-corrected chi connectivity index (χ2v) is 4.48. The summed E-state index contributed by atoms with van der Waals surface area (Å²) in [6, 6.07) is 5.15. The molecule has 0 saturated heterocycles. The van der Waals surface area contributed by atoms with Crippen molar-refractivity contribution in [3.8, 4) is 0 Å². The number of aromatic nitrogens is 2. The van der Waals surface area contributed by atoms with Gasteiger partial charge in [-0.1, -0.05) is 11.6 Å². The Labute approximate surface area is 110 Å². The lowest BCUT2D eigenvalue weighted by molar-refractivity contribution is 0.102. The van der Waals surface area contributed by atoms with Crippen LogP contribution in [0.3, 0.4) is 0 Å². The SMILES string of the molecule is Cc1cc(Cl)cc(C(=O)Nc2c(N)cnn2C)c1. The molecule has 94 valence electrons. The lowest BCUT2D eigenvalue weighted by Crippen LogP contribution is -2.15. The molecule has 0 aliphatic carbocycles. The van der Waals surface area contributed by atoms with Crippen molar-refractivity contribution in [1.82, 2.24) is 9.78 Å². The molecule has 0 aliphatic rings. The fraction of sp³-hybridized carbons (Fsp3) is 0.167. The number of carbonyl (C=O) groups excluding carboxylic acids is 1. The highest BCUT2D eigenvalue weighted by atomic mass is 35.5. The number of nitrogens with two attached hydrogens (primary N) is 1. The van der Waals surface area contributed by atoms with Crippen LogP contribution in [0.15, 0.2) is 24.4 Å². The molecule has 0 bridgehead atoms. The number of aryl methyl sites for hydroxylation is 2. The molecular formula is C12H13ClN4O. The first kappa shape index (κ1) is 12.4. The molecule has 1 aromatic heterocycles. The van der Waals surface area contributed by atoms with Crippen molar-refractivity contribution in [2.75, 3.05) is 11.1 Å². The van der Waals surface area contributed by atoms with Crippen LogP contribution in [0.4, 0.5) is 11.5 Å². The zero-order chi connectivity index (χ0) is 13.3. The number of nitrogens with one attached hydrogen (secondary N) is 1. The molecule has 0 aliphatic heterocycles. The summed E-state index contributed by atoms with van der Waals surface area (Å²) in [5.74, 6) is 0.202. The molecule has 2 aromatic rings. The summed E-state index contributed by atoms with van der Waals surface area (Å²) >= 11 is 5.92. The third-order valence-electron chi connectivity index (χ3n) is 2.50. The molecule has 0 unspecified atom stereocenters. The normalized spacial score (nSPS) is 10.4. The largest absolute Gasteiger partial charge is 0.394 e. The highest BCUT2D eigenvalue weighted by molar-refractivity contribution is 6.31. The van der Waals surface area contributed by atoms with Gasteiger partial charge in [0.05, 0.1) is 11.9 Å². The summed E-state index contributed by atoms with van der Waals surface area (Å²) in [5, 5.41) is 7.18. The predicted octanol–water partition coefficient (Wildman–Crippen LogP) is 2.22. The molecule has 1 amide bonds. The summed E-state index contributed by atoms with van der Waals surface area (Å²) < 4.78 is 1.50. The number of hydrogen-bond donors (Lipinski definition) is 2. The molecular weight excluding hydrogens is 252 g/mol. The fourth-order valence-electron chi connectivity index (χ4n) is 1.65. The summed E-state index contributed by atoms with van der Waals surface area (Å²) in [7, 11) is 1.70. The second-order valence-electron chi connectivity index (χ2n) is 4.04. The Morgan fingerprint density at radius 2 is 2.17 bits per heavy atom. The Kier molecular flexibility index (Phi) is 3.25. The first-order valence-corrected chi connectivity index (χ1v) is 5.71. The van der Waals surface area contributed by atoms with Gasteiger partial charge < -0.3 is 11.1 Å². The van der Waals surface area contributed by atoms with E-state index in [1.165, 1.54) is 10.9 Å². The third-order valence-corrected chi connectivity index (χ3v) is 2.72. The van der Waals surface area contributed by atoms with Crippen molar-refractivity contribution in [3.05, 3.63) is 40.5 Å². The number of anilines is 2. The zero-order valence-corrected chi connectivity index (χ0v) is 10.8. The van der Waals surface area contributed by atoms with Crippen LogP contribution in [0.2, 0.25) is 5.02 Å². The summed E-state index contributed by atoms with van der Waals surface area (Å²) in [6.07, 6.45) is 1.48. The molecule has 3 N–H and O–H groups in total. The molecule has 1 aromatic carbocycles. The fourth-order valence-corrected chi connectivity index (χ4v) is 1.94. The van der Waals surface area contributed by atoms with Gasteiger partial charge in [-0.25, -0.2) is 0 Å². The topological polar surface area (TPSA) is 72.9 Å². The monoisotopic (exact) mass is 264 g/mol. The quantitative estimate of drug-likeness (QED) is 0.873. The molecule has 0 fully saturated rings. The standard InChI is InChI=1S/C12H13ClN4O/c1-7-3-8(5-9(13)4-7)12(18)16-11-10(14)6-15-17(11)2/h3-6H,14H2,1-2H3,(H,16,18). The number of hydrogen-bond acceptors (Lipinski definition) is 3. The van der Waals surface area contributed by atoms with Gasteiger partial charge in [-0.15, -0.1) is 0 Å². The maximum atomic E-state index is 12.1. The van der Waals surface area contributed by atoms with E-state index in [1.807, 2.05) is 6.92 Å². The minimum atomic E-state index is -0.268. The lowest BCUT2D eigenvalue weighted by atomic mass is 10.1. The number of nitrogen functional groups attached to an aromatic ring is 1. The van der Waals surface area contributed by atoms with Crippen LogP contribution < -0.4 is 11.1 Å². The Hall–Kier alpha value is -2.01. The number of carbonyl (C=O) groups is 1. The Bertz CT molecular complexity index is 566. The average molecular weight is 265 g/mol. The maximum Gasteiger partial charge on any atom is 0.256 e. The molecule has 2 rings (SSSR count). The van der Waals surface area contributed by atoms with Crippen molar-refractivity contribution >= 4 is 29.0 Å². The smallest absolute Gasteiger partial charge is 0.256 e. The Morgan fingerprint density at radius 3 is 2.72 bits per heavy atom. The highest BCUT2D eigenvalue weighted by Crippen LogP contribution is 2.19. The van der Waals surface area contributed by atoms with Crippen molar-refractivity contribution < 1.29 is 4.79 Å². The van der Waals surface area contributed by atoms with E-state index >= 15 is 0 Å². The van der Waals surface area contributed by atoms with Crippen molar-refractivity contribution in [1.29, 1.82) is 0 Å². The summed E-state index contributed by atoms with van der Waals surface area (Å²) in [6.45, 7) is 1.88. The lowest BCUT2D eigenvalue weighted by Gasteiger charge is -2.07. The molecule has 1 heterocycles. The van der Waals surface area contributed by atoms with Crippen LogP contribution in [-0.4, -0.2) is 15.7 Å². The van der Waals surface area contributed by atoms with Gasteiger partial charge in [-0.3, -0.25) is 9.48 Å². The van der Waals surface area contributed by atoms with Gasteiger partial charge in [0.25, 0.3) is 5.91 Å². The summed E-state index contributed by atoms with van der Waals surface area (Å²) in [5.41, 5.74) is 7.53. The molecule has 0 spiro atoms. The van der Waals surface area contributed by atoms with Crippen LogP contribution in [0.1, 0.15) is 15.9 Å². The van der Waals surface area contributed by atoms with Crippen molar-refractivity contribution in [3.63, 3.8) is 0 Å². The van der Waals surface area contributed by atoms with Crippen molar-refractivity contribution in [2.24, 2.45) is 7.05 Å². The average Bonchev–Trinajstić information content (AvgIpc) is 2.59. The zero-order valence-electron chi connectivity index (χ0n) is 10.1. The van der Waals surface area contributed by atoms with Gasteiger partial charge in [-0.05, 0) is 30.7 Å². The van der Waals surface area contributed by atoms with E-state index in [0.29, 0.717) is 22.1 Å². The van der Waals surface area contributed by atoms with Crippen LogP contribution in [0, 0.1) is 6.92 Å². The van der Waals surface area contributed by atoms with Gasteiger partial charge >= 0.3 is 0 Å². The van der Waals surface area contributed by atoms with Crippen LogP contribution in [0.5, 0.6) is 0 Å². The number of amides is 1. The van der Waals surface area contributed by atoms with E-state index < -0.39 is 0 Å². The maximum absolute atomic E-state index is 12.1. The molecule has 6 heteroatoms. The van der Waals surface area contributed by atoms with E-state index in [9.17, 15) is 4.79 Å². The van der Waals surface area contributed by atoms with Crippen LogP contribution >= 0.6 is 11.6 Å². The van der Waals surface area contributed by atoms with Crippen LogP contribution in [-0.2, 0) is 7.05 Å². The van der Waals surface area contributed by atoms with Gasteiger partial charge in [0.2, 0.25) is 0 Å². The highest BCUT2D eigenvalue weighted by Gasteiger charge is 2.12. The van der Waals surface area contributed by atoms with Crippen molar-refractivity contribution in [2.45, 2.75) is 6.92 Å². The minimum absolute atomic E-state index is 0.268. The molecule has 0 radical (unpaired) electrons. The number of rotatable bonds is 2. The third kappa shape index (κ3) is 2.46. The molecule has 18 heavy (non-hydrogen) atoms. The Morgan fingerprint density at radius 1 is 1.44 bits per heavy atom. The van der Waals surface area contributed by atoms with E-state index in [2.05, 4.69) is 10.4 Å². The number of halogens is 1. The van der Waals surface area contributed by atoms with Gasteiger partial charge in [0.1, 0.15) is 0 Å². The van der Waals surface area contributed by atoms with Gasteiger partial charge in [-0.2, -0.15) is 5.10 Å². The second kappa shape index (κ2) is 4.70. The van der Waals surface area contributed by atoms with E-state index in [1.54, 1.807) is 25.2 Å². The first-order chi connectivity index (χ1) is 8.47. The first-order valence-electron chi connectivity index (χ1n) is 5.33. The van der Waals surface area contributed by atoms with E-state index in [4.69, 9.17) is 17.3 Å². The Balaban J connectivity index is 2.27. The van der Waals surface area contributed by atoms with Crippen LogP contribution in [0.25, 0.3) is 0 Å². The molecule has 0 atom stereocenters. The summed E-state index contributed by atoms with van der Waals surface area (Å²) in [4.78, 5) is 12.1. The predicted molar refractivity (Wildman–Crippen MR) is 71.8 cm³/mol.